The molecule has 27 heavy (non-hydrogen) atoms. The molecule has 0 atom stereocenters. The molecule has 0 aliphatic heterocycles. The second-order valence-electron chi connectivity index (χ2n) is 7.42. The van der Waals surface area contributed by atoms with Crippen molar-refractivity contribution in [2.24, 2.45) is 11.8 Å². The number of carbonyl (C=O) groups is 1. The van der Waals surface area contributed by atoms with Gasteiger partial charge in [0.05, 0.1) is 5.75 Å². The summed E-state index contributed by atoms with van der Waals surface area (Å²) < 4.78 is 0.810. The lowest BCUT2D eigenvalue weighted by molar-refractivity contribution is -0.129. The van der Waals surface area contributed by atoms with Gasteiger partial charge in [0.1, 0.15) is 0 Å². The first-order valence-corrected chi connectivity index (χ1v) is 11.3. The Balaban J connectivity index is 1.89. The van der Waals surface area contributed by atoms with Crippen LogP contribution in [0.25, 0.3) is 0 Å². The molecule has 1 amide bonds. The van der Waals surface area contributed by atoms with E-state index in [0.717, 1.165) is 34.7 Å². The van der Waals surface area contributed by atoms with E-state index in [-0.39, 0.29) is 5.91 Å². The van der Waals surface area contributed by atoms with Crippen LogP contribution < -0.4 is 5.32 Å². The van der Waals surface area contributed by atoms with Crippen LogP contribution in [-0.4, -0.2) is 39.8 Å². The highest BCUT2D eigenvalue weighted by Gasteiger charge is 2.17. The fraction of sp³-hybridized carbons (Fsp3) is 0.550. The van der Waals surface area contributed by atoms with Crippen molar-refractivity contribution in [3.05, 3.63) is 29.8 Å². The molecule has 0 unspecified atom stereocenters. The number of nitrogens with one attached hydrogen (secondary N) is 1. The zero-order valence-electron chi connectivity index (χ0n) is 16.9. The second kappa shape index (κ2) is 10.7. The van der Waals surface area contributed by atoms with Crippen molar-refractivity contribution in [2.45, 2.75) is 45.4 Å². The predicted octanol–water partition coefficient (Wildman–Crippen LogP) is 5.08. The third-order valence-electron chi connectivity index (χ3n) is 3.86. The number of rotatable bonds is 10. The summed E-state index contributed by atoms with van der Waals surface area (Å²) in [6.45, 7) is 12.3. The number of anilines is 2. The Bertz CT molecular complexity index is 703. The van der Waals surface area contributed by atoms with Crippen LogP contribution in [0.3, 0.4) is 0 Å². The number of thioether (sulfide) groups is 1. The van der Waals surface area contributed by atoms with Crippen molar-refractivity contribution in [1.29, 1.82) is 0 Å². The highest BCUT2D eigenvalue weighted by atomic mass is 32.2. The van der Waals surface area contributed by atoms with E-state index in [0.29, 0.717) is 17.6 Å². The zero-order valence-corrected chi connectivity index (χ0v) is 18.5. The summed E-state index contributed by atoms with van der Waals surface area (Å²) in [5.41, 5.74) is 2.30. The third kappa shape index (κ3) is 7.50. The summed E-state index contributed by atoms with van der Waals surface area (Å²) in [5.74, 6) is 1.50. The summed E-state index contributed by atoms with van der Waals surface area (Å²) in [6, 6.07) is 8.31. The van der Waals surface area contributed by atoms with E-state index in [9.17, 15) is 4.79 Å². The minimum Gasteiger partial charge on any atom is -0.341 e. The number of hydrogen-bond acceptors (Lipinski definition) is 6. The van der Waals surface area contributed by atoms with Gasteiger partial charge in [0.2, 0.25) is 11.0 Å². The van der Waals surface area contributed by atoms with Crippen molar-refractivity contribution >= 4 is 39.8 Å². The fourth-order valence-corrected chi connectivity index (χ4v) is 4.32. The van der Waals surface area contributed by atoms with E-state index in [1.54, 1.807) is 0 Å². The summed E-state index contributed by atoms with van der Waals surface area (Å²) in [4.78, 5) is 14.6. The molecule has 0 saturated heterocycles. The first-order valence-electron chi connectivity index (χ1n) is 9.47. The van der Waals surface area contributed by atoms with Gasteiger partial charge in [-0.15, -0.1) is 10.2 Å². The topological polar surface area (TPSA) is 58.1 Å². The molecule has 0 radical (unpaired) electrons. The van der Waals surface area contributed by atoms with Gasteiger partial charge in [-0.2, -0.15) is 0 Å². The first kappa shape index (κ1) is 21.7. The molecule has 2 aromatic rings. The number of hydrogen-bond donors (Lipinski definition) is 1. The highest BCUT2D eigenvalue weighted by Crippen LogP contribution is 2.28. The van der Waals surface area contributed by atoms with E-state index in [1.165, 1.54) is 28.7 Å². The van der Waals surface area contributed by atoms with Gasteiger partial charge >= 0.3 is 0 Å². The normalized spacial score (nSPS) is 11.2. The fourth-order valence-electron chi connectivity index (χ4n) is 2.64. The maximum absolute atomic E-state index is 12.6. The number of benzene rings is 1. The zero-order chi connectivity index (χ0) is 19.8. The Labute approximate surface area is 171 Å². The minimum atomic E-state index is 0.169. The highest BCUT2D eigenvalue weighted by molar-refractivity contribution is 8.01. The molecule has 7 heteroatoms. The van der Waals surface area contributed by atoms with E-state index < -0.39 is 0 Å². The monoisotopic (exact) mass is 406 g/mol. The van der Waals surface area contributed by atoms with Gasteiger partial charge in [0, 0.05) is 18.8 Å². The van der Waals surface area contributed by atoms with Crippen molar-refractivity contribution in [3.8, 4) is 0 Å². The van der Waals surface area contributed by atoms with E-state index >= 15 is 0 Å². The third-order valence-corrected chi connectivity index (χ3v) is 5.82. The quantitative estimate of drug-likeness (QED) is 0.558. The van der Waals surface area contributed by atoms with Crippen molar-refractivity contribution in [3.63, 3.8) is 0 Å². The molecule has 0 spiro atoms. The lowest BCUT2D eigenvalue weighted by atomic mass is 10.1. The van der Waals surface area contributed by atoms with Crippen molar-refractivity contribution in [1.82, 2.24) is 15.1 Å². The van der Waals surface area contributed by atoms with Crippen LogP contribution >= 0.6 is 23.1 Å². The van der Waals surface area contributed by atoms with Gasteiger partial charge in [-0.1, -0.05) is 69.9 Å². The SMILES string of the molecule is CCc1ccc(Nc2nnc(SCC(=O)N(CC(C)C)CC(C)C)s2)cc1. The Hall–Kier alpha value is -1.60. The van der Waals surface area contributed by atoms with Crippen LogP contribution in [0.15, 0.2) is 28.6 Å². The summed E-state index contributed by atoms with van der Waals surface area (Å²) >= 11 is 2.94. The Kier molecular flexibility index (Phi) is 8.57. The number of amides is 1. The molecule has 0 aliphatic carbocycles. The van der Waals surface area contributed by atoms with E-state index in [1.807, 2.05) is 17.0 Å². The number of nitrogens with zero attached hydrogens (tertiary/aromatic N) is 3. The molecule has 2 rings (SSSR count). The lowest BCUT2D eigenvalue weighted by Gasteiger charge is -2.26. The molecule has 1 heterocycles. The molecule has 0 bridgehead atoms. The largest absolute Gasteiger partial charge is 0.341 e. The molecule has 1 N–H and O–H groups in total. The molecule has 1 aromatic heterocycles. The van der Waals surface area contributed by atoms with Gasteiger partial charge in [-0.25, -0.2) is 0 Å². The van der Waals surface area contributed by atoms with Crippen LogP contribution in [0, 0.1) is 11.8 Å². The smallest absolute Gasteiger partial charge is 0.233 e. The average Bonchev–Trinajstić information content (AvgIpc) is 3.06. The second-order valence-corrected chi connectivity index (χ2v) is 9.62. The lowest BCUT2D eigenvalue weighted by Crippen LogP contribution is -2.38. The number of aryl methyl sites for hydroxylation is 1. The van der Waals surface area contributed by atoms with Crippen LogP contribution in [0.2, 0.25) is 0 Å². The molecule has 148 valence electrons. The molecule has 5 nitrogen and oxygen atoms in total. The molecular formula is C20H30N4OS2. The van der Waals surface area contributed by atoms with Gasteiger partial charge < -0.3 is 10.2 Å². The summed E-state index contributed by atoms with van der Waals surface area (Å²) in [6.07, 6.45) is 1.03. The van der Waals surface area contributed by atoms with Crippen LogP contribution in [0.5, 0.6) is 0 Å². The van der Waals surface area contributed by atoms with Crippen LogP contribution in [-0.2, 0) is 11.2 Å². The van der Waals surface area contributed by atoms with Crippen LogP contribution in [0.1, 0.15) is 40.2 Å². The Morgan fingerprint density at radius 2 is 1.74 bits per heavy atom. The molecular weight excluding hydrogens is 376 g/mol. The molecule has 0 fully saturated rings. The standard InChI is InChI=1S/C20H30N4OS2/c1-6-16-7-9-17(10-8-16)21-19-22-23-20(27-19)26-13-18(25)24(11-14(2)3)12-15(4)5/h7-10,14-15H,6,11-13H2,1-5H3,(H,21,22). The van der Waals surface area contributed by atoms with Crippen molar-refractivity contribution < 1.29 is 4.79 Å². The minimum absolute atomic E-state index is 0.169. The van der Waals surface area contributed by atoms with Gasteiger partial charge in [-0.3, -0.25) is 4.79 Å². The molecule has 0 saturated carbocycles. The van der Waals surface area contributed by atoms with Gasteiger partial charge in [0.15, 0.2) is 4.34 Å². The number of aromatic nitrogens is 2. The predicted molar refractivity (Wildman–Crippen MR) is 116 cm³/mol. The van der Waals surface area contributed by atoms with Crippen LogP contribution in [0.4, 0.5) is 10.8 Å². The maximum Gasteiger partial charge on any atom is 0.233 e. The van der Waals surface area contributed by atoms with E-state index in [4.69, 9.17) is 0 Å². The first-order chi connectivity index (χ1) is 12.9. The maximum atomic E-state index is 12.6. The Morgan fingerprint density at radius 1 is 1.11 bits per heavy atom. The van der Waals surface area contributed by atoms with E-state index in [2.05, 4.69) is 62.3 Å². The summed E-state index contributed by atoms with van der Waals surface area (Å²) in [5, 5.41) is 12.4. The molecule has 0 aliphatic rings. The molecule has 1 aromatic carbocycles. The van der Waals surface area contributed by atoms with Gasteiger partial charge in [-0.05, 0) is 36.0 Å². The number of carbonyl (C=O) groups excluding carboxylic acids is 1. The van der Waals surface area contributed by atoms with Crippen molar-refractivity contribution in [2.75, 3.05) is 24.2 Å². The average molecular weight is 407 g/mol. The Morgan fingerprint density at radius 3 is 2.30 bits per heavy atom. The summed E-state index contributed by atoms with van der Waals surface area (Å²) in [7, 11) is 0. The van der Waals surface area contributed by atoms with Gasteiger partial charge in [0.25, 0.3) is 0 Å².